The van der Waals surface area contributed by atoms with Gasteiger partial charge in [-0.15, -0.1) is 0 Å². The number of nitrogens with zero attached hydrogens (tertiary/aromatic N) is 1. The normalized spacial score (nSPS) is 11.4. The van der Waals surface area contributed by atoms with E-state index in [-0.39, 0.29) is 5.69 Å². The van der Waals surface area contributed by atoms with E-state index >= 15 is 0 Å². The van der Waals surface area contributed by atoms with Crippen molar-refractivity contribution in [3.63, 3.8) is 0 Å². The zero-order valence-electron chi connectivity index (χ0n) is 11.6. The second-order valence-electron chi connectivity index (χ2n) is 4.52. The van der Waals surface area contributed by atoms with Crippen LogP contribution in [0.3, 0.4) is 0 Å². The predicted molar refractivity (Wildman–Crippen MR) is 76.2 cm³/mol. The lowest BCUT2D eigenvalue weighted by Gasteiger charge is -2.15. The van der Waals surface area contributed by atoms with Crippen molar-refractivity contribution in [3.05, 3.63) is 59.7 Å². The first kappa shape index (κ1) is 15.4. The summed E-state index contributed by atoms with van der Waals surface area (Å²) in [5.74, 6) is -2.19. The van der Waals surface area contributed by atoms with Gasteiger partial charge in [0.25, 0.3) is 5.91 Å². The summed E-state index contributed by atoms with van der Waals surface area (Å²) >= 11 is 0. The lowest BCUT2D eigenvalue weighted by atomic mass is 10.2. The maximum Gasteiger partial charge on any atom is 0.265 e. The fourth-order valence-electron chi connectivity index (χ4n) is 1.71. The molecule has 0 heterocycles. The van der Waals surface area contributed by atoms with Crippen LogP contribution in [0, 0.1) is 23.0 Å². The number of benzene rings is 2. The SMILES string of the molecule is C[C@H](Oc1cccc(C#N)c1)C(=O)Nc1ccc(F)c(F)c1. The molecule has 0 radical (unpaired) electrons. The van der Waals surface area contributed by atoms with E-state index in [1.807, 2.05) is 6.07 Å². The molecular formula is C16H12F2N2O2. The molecule has 0 fully saturated rings. The highest BCUT2D eigenvalue weighted by atomic mass is 19.2. The Morgan fingerprint density at radius 2 is 2.00 bits per heavy atom. The monoisotopic (exact) mass is 302 g/mol. The van der Waals surface area contributed by atoms with E-state index in [1.54, 1.807) is 18.2 Å². The van der Waals surface area contributed by atoms with Crippen molar-refractivity contribution in [1.29, 1.82) is 5.26 Å². The van der Waals surface area contributed by atoms with Crippen molar-refractivity contribution >= 4 is 11.6 Å². The third-order valence-corrected chi connectivity index (χ3v) is 2.83. The smallest absolute Gasteiger partial charge is 0.265 e. The average Bonchev–Trinajstić information content (AvgIpc) is 2.51. The maximum atomic E-state index is 13.1. The van der Waals surface area contributed by atoms with Crippen molar-refractivity contribution in [1.82, 2.24) is 0 Å². The van der Waals surface area contributed by atoms with Crippen LogP contribution in [0.2, 0.25) is 0 Å². The van der Waals surface area contributed by atoms with E-state index in [1.165, 1.54) is 19.1 Å². The van der Waals surface area contributed by atoms with Crippen molar-refractivity contribution in [2.75, 3.05) is 5.32 Å². The number of hydrogen-bond donors (Lipinski definition) is 1. The molecular weight excluding hydrogens is 290 g/mol. The van der Waals surface area contributed by atoms with Gasteiger partial charge in [0, 0.05) is 11.8 Å². The molecule has 22 heavy (non-hydrogen) atoms. The topological polar surface area (TPSA) is 62.1 Å². The van der Waals surface area contributed by atoms with Gasteiger partial charge >= 0.3 is 0 Å². The van der Waals surface area contributed by atoms with E-state index in [0.717, 1.165) is 12.1 Å². The van der Waals surface area contributed by atoms with Gasteiger partial charge in [-0.3, -0.25) is 4.79 Å². The Hall–Kier alpha value is -2.94. The van der Waals surface area contributed by atoms with Gasteiger partial charge in [0.05, 0.1) is 11.6 Å². The van der Waals surface area contributed by atoms with Gasteiger partial charge < -0.3 is 10.1 Å². The molecule has 6 heteroatoms. The summed E-state index contributed by atoms with van der Waals surface area (Å²) in [7, 11) is 0. The van der Waals surface area contributed by atoms with Crippen LogP contribution < -0.4 is 10.1 Å². The number of hydrogen-bond acceptors (Lipinski definition) is 3. The Bertz CT molecular complexity index is 741. The third kappa shape index (κ3) is 3.79. The van der Waals surface area contributed by atoms with E-state index < -0.39 is 23.6 Å². The summed E-state index contributed by atoms with van der Waals surface area (Å²) in [6.45, 7) is 1.51. The summed E-state index contributed by atoms with van der Waals surface area (Å²) < 4.78 is 31.3. The van der Waals surface area contributed by atoms with Crippen molar-refractivity contribution < 1.29 is 18.3 Å². The molecule has 2 aromatic carbocycles. The molecule has 0 aromatic heterocycles. The Morgan fingerprint density at radius 1 is 1.23 bits per heavy atom. The van der Waals surface area contributed by atoms with Gasteiger partial charge in [-0.1, -0.05) is 6.07 Å². The first-order valence-corrected chi connectivity index (χ1v) is 6.42. The Kier molecular flexibility index (Phi) is 4.69. The van der Waals surface area contributed by atoms with E-state index in [2.05, 4.69) is 5.32 Å². The largest absolute Gasteiger partial charge is 0.481 e. The van der Waals surface area contributed by atoms with Crippen LogP contribution in [-0.4, -0.2) is 12.0 Å². The highest BCUT2D eigenvalue weighted by molar-refractivity contribution is 5.94. The second-order valence-corrected chi connectivity index (χ2v) is 4.52. The number of carbonyl (C=O) groups is 1. The van der Waals surface area contributed by atoms with Gasteiger partial charge in [0.15, 0.2) is 17.7 Å². The Morgan fingerprint density at radius 3 is 2.68 bits per heavy atom. The van der Waals surface area contributed by atoms with Gasteiger partial charge in [-0.2, -0.15) is 5.26 Å². The van der Waals surface area contributed by atoms with Crippen LogP contribution in [0.15, 0.2) is 42.5 Å². The van der Waals surface area contributed by atoms with Crippen molar-refractivity contribution in [2.45, 2.75) is 13.0 Å². The molecule has 0 saturated carbocycles. The first-order chi connectivity index (χ1) is 10.5. The van der Waals surface area contributed by atoms with E-state index in [4.69, 9.17) is 10.00 Å². The molecule has 2 rings (SSSR count). The predicted octanol–water partition coefficient (Wildman–Crippen LogP) is 3.24. The zero-order valence-corrected chi connectivity index (χ0v) is 11.6. The standard InChI is InChI=1S/C16H12F2N2O2/c1-10(22-13-4-2-3-11(7-13)9-19)16(21)20-12-5-6-14(17)15(18)8-12/h2-8,10H,1H3,(H,20,21)/t10-/m0/s1. The summed E-state index contributed by atoms with van der Waals surface area (Å²) in [6, 6.07) is 11.4. The van der Waals surface area contributed by atoms with E-state index in [0.29, 0.717) is 11.3 Å². The number of carbonyl (C=O) groups excluding carboxylic acids is 1. The molecule has 4 nitrogen and oxygen atoms in total. The van der Waals surface area contributed by atoms with Crippen LogP contribution >= 0.6 is 0 Å². The van der Waals surface area contributed by atoms with Crippen LogP contribution in [0.1, 0.15) is 12.5 Å². The average molecular weight is 302 g/mol. The number of halogens is 2. The highest BCUT2D eigenvalue weighted by Gasteiger charge is 2.16. The molecule has 1 atom stereocenters. The molecule has 0 aliphatic carbocycles. The molecule has 1 N–H and O–H groups in total. The molecule has 0 aliphatic heterocycles. The summed E-state index contributed by atoms with van der Waals surface area (Å²) in [6.07, 6.45) is -0.873. The first-order valence-electron chi connectivity index (χ1n) is 6.42. The summed E-state index contributed by atoms with van der Waals surface area (Å²) in [5, 5.41) is 11.2. The van der Waals surface area contributed by atoms with Gasteiger partial charge in [0.1, 0.15) is 5.75 Å². The fourth-order valence-corrected chi connectivity index (χ4v) is 1.71. The van der Waals surface area contributed by atoms with Crippen LogP contribution in [0.5, 0.6) is 5.75 Å². The van der Waals surface area contributed by atoms with Crippen LogP contribution in [-0.2, 0) is 4.79 Å². The number of nitriles is 1. The molecule has 0 aliphatic rings. The lowest BCUT2D eigenvalue weighted by molar-refractivity contribution is -0.122. The number of amides is 1. The minimum atomic E-state index is -1.05. The number of anilines is 1. The quantitative estimate of drug-likeness (QED) is 0.943. The summed E-state index contributed by atoms with van der Waals surface area (Å²) in [4.78, 5) is 12.0. The van der Waals surface area contributed by atoms with Crippen LogP contribution in [0.25, 0.3) is 0 Å². The summed E-state index contributed by atoms with van der Waals surface area (Å²) in [5.41, 5.74) is 0.538. The molecule has 0 bridgehead atoms. The molecule has 0 spiro atoms. The third-order valence-electron chi connectivity index (χ3n) is 2.83. The van der Waals surface area contributed by atoms with Gasteiger partial charge in [-0.25, -0.2) is 8.78 Å². The Balaban J connectivity index is 2.02. The minimum absolute atomic E-state index is 0.130. The number of ether oxygens (including phenoxy) is 1. The second kappa shape index (κ2) is 6.68. The fraction of sp³-hybridized carbons (Fsp3) is 0.125. The Labute approximate surface area is 125 Å². The molecule has 1 amide bonds. The van der Waals surface area contributed by atoms with Gasteiger partial charge in [-0.05, 0) is 37.3 Å². The van der Waals surface area contributed by atoms with Gasteiger partial charge in [0.2, 0.25) is 0 Å². The van der Waals surface area contributed by atoms with Crippen LogP contribution in [0.4, 0.5) is 14.5 Å². The minimum Gasteiger partial charge on any atom is -0.481 e. The lowest BCUT2D eigenvalue weighted by Crippen LogP contribution is -2.30. The zero-order chi connectivity index (χ0) is 16.1. The molecule has 112 valence electrons. The maximum absolute atomic E-state index is 13.1. The van der Waals surface area contributed by atoms with E-state index in [9.17, 15) is 13.6 Å². The highest BCUT2D eigenvalue weighted by Crippen LogP contribution is 2.16. The number of rotatable bonds is 4. The van der Waals surface area contributed by atoms with Crippen molar-refractivity contribution in [3.8, 4) is 11.8 Å². The molecule has 2 aromatic rings. The molecule has 0 unspecified atom stereocenters. The molecule has 0 saturated heterocycles. The number of nitrogens with one attached hydrogen (secondary N) is 1. The van der Waals surface area contributed by atoms with Crippen molar-refractivity contribution in [2.24, 2.45) is 0 Å².